The van der Waals surface area contributed by atoms with Crippen molar-refractivity contribution >= 4 is 91.5 Å². The molecule has 0 saturated heterocycles. The van der Waals surface area contributed by atoms with Gasteiger partial charge >= 0.3 is 0 Å². The number of hydrogen-bond donors (Lipinski definition) is 0. The summed E-state index contributed by atoms with van der Waals surface area (Å²) in [5.41, 5.74) is 28.6. The van der Waals surface area contributed by atoms with E-state index >= 15 is 0 Å². The third kappa shape index (κ3) is 11.7. The predicted molar refractivity (Wildman–Crippen MR) is 342 cm³/mol. The summed E-state index contributed by atoms with van der Waals surface area (Å²) in [4.78, 5) is 4.93. The molecule has 2 nitrogen and oxygen atoms in total. The fourth-order valence-electron chi connectivity index (χ4n) is 10.5. The molecule has 0 bridgehead atoms. The average Bonchev–Trinajstić information content (AvgIpc) is 3.51. The lowest BCUT2D eigenvalue weighted by atomic mass is 9.93. The van der Waals surface area contributed by atoms with Gasteiger partial charge in [0.25, 0.3) is 0 Å². The average molecular weight is 1010 g/mol. The van der Waals surface area contributed by atoms with Crippen LogP contribution in [0.4, 0.5) is 34.1 Å². The molecule has 2 heteroatoms. The van der Waals surface area contributed by atoms with E-state index in [1.807, 2.05) is 0 Å². The first kappa shape index (κ1) is 52.5. The van der Waals surface area contributed by atoms with E-state index in [9.17, 15) is 0 Å². The summed E-state index contributed by atoms with van der Waals surface area (Å²) in [6.07, 6.45) is 9.14. The zero-order valence-corrected chi connectivity index (χ0v) is 47.0. The van der Waals surface area contributed by atoms with Crippen LogP contribution in [0, 0.1) is 41.5 Å². The zero-order chi connectivity index (χ0) is 54.5. The Morgan fingerprint density at radius 1 is 0.256 bits per heavy atom. The third-order valence-corrected chi connectivity index (χ3v) is 15.3. The van der Waals surface area contributed by atoms with E-state index in [1.54, 1.807) is 0 Å². The molecule has 0 aromatic heterocycles. The highest BCUT2D eigenvalue weighted by molar-refractivity contribution is 6.10. The topological polar surface area (TPSA) is 6.48 Å². The molecule has 0 aliphatic carbocycles. The van der Waals surface area contributed by atoms with Crippen molar-refractivity contribution in [3.63, 3.8) is 0 Å². The summed E-state index contributed by atoms with van der Waals surface area (Å²) < 4.78 is 0. The number of allylic oxidation sites excluding steroid dienone is 4. The Hall–Kier alpha value is -8.98. The van der Waals surface area contributed by atoms with Gasteiger partial charge in [-0.25, -0.2) is 0 Å². The number of aryl methyl sites for hydroxylation is 4. The Bertz CT molecular complexity index is 3380. The van der Waals surface area contributed by atoms with Crippen LogP contribution in [-0.2, 0) is 0 Å². The highest BCUT2D eigenvalue weighted by Gasteiger charge is 2.26. The normalized spacial score (nSPS) is 12.3. The Morgan fingerprint density at radius 2 is 0.462 bits per heavy atom. The molecule has 0 N–H and O–H groups in total. The Kier molecular flexibility index (Phi) is 15.5. The predicted octanol–water partition coefficient (Wildman–Crippen LogP) is 21.9. The van der Waals surface area contributed by atoms with Gasteiger partial charge in [0.15, 0.2) is 0 Å². The third-order valence-electron chi connectivity index (χ3n) is 15.3. The lowest BCUT2D eigenvalue weighted by Gasteiger charge is -2.34. The van der Waals surface area contributed by atoms with Gasteiger partial charge in [0, 0.05) is 33.5 Å². The van der Waals surface area contributed by atoms with Crippen LogP contribution in [0.2, 0.25) is 0 Å². The smallest absolute Gasteiger partial charge is 0.0573 e. The molecule has 78 heavy (non-hydrogen) atoms. The lowest BCUT2D eigenvalue weighted by Crippen LogP contribution is -2.16. The van der Waals surface area contributed by atoms with Crippen LogP contribution in [0.5, 0.6) is 0 Å². The molecule has 0 aliphatic rings. The lowest BCUT2D eigenvalue weighted by molar-refractivity contribution is 1.21. The second-order valence-electron chi connectivity index (χ2n) is 21.3. The molecule has 10 aromatic carbocycles. The Balaban J connectivity index is 1.11. The standard InChI is InChI=1S/C76H70N2/c1-51-15-31-65(32-16-51)55(5)47-61-23-39-69(40-24-61)77(70-41-25-62(26-42-70)48-56(6)66-33-17-52(2)18-34-66)75-59(9)60(10)76(74-14-12-11-13-73(74)75)78(71-43-27-63(28-44-71)49-57(7)67-35-19-53(3)20-36-67)72-45-29-64(30-46-72)50-58(8)68-37-21-54(4)22-38-68/h11-50H,1-10H3/b55-47+,56-48+,57-49+,58-50+. The molecule has 0 aliphatic heterocycles. The summed E-state index contributed by atoms with van der Waals surface area (Å²) in [5.74, 6) is 0. The largest absolute Gasteiger partial charge is 0.310 e. The van der Waals surface area contributed by atoms with E-state index in [1.165, 1.54) is 88.7 Å². The first-order chi connectivity index (χ1) is 37.8. The molecular formula is C76H70N2. The van der Waals surface area contributed by atoms with Crippen LogP contribution in [0.15, 0.2) is 218 Å². The van der Waals surface area contributed by atoms with Crippen molar-refractivity contribution in [3.8, 4) is 0 Å². The van der Waals surface area contributed by atoms with Crippen LogP contribution in [0.25, 0.3) is 57.4 Å². The molecule has 384 valence electrons. The molecule has 0 radical (unpaired) electrons. The number of fused-ring (bicyclic) bond motifs is 1. The van der Waals surface area contributed by atoms with Crippen LogP contribution in [0.1, 0.15) is 106 Å². The molecule has 0 amide bonds. The van der Waals surface area contributed by atoms with E-state index in [4.69, 9.17) is 0 Å². The highest BCUT2D eigenvalue weighted by atomic mass is 15.2. The summed E-state index contributed by atoms with van der Waals surface area (Å²) in [7, 11) is 0. The highest BCUT2D eigenvalue weighted by Crippen LogP contribution is 2.50. The molecule has 0 spiro atoms. The van der Waals surface area contributed by atoms with E-state index in [2.05, 4.69) is 322 Å². The molecule has 0 atom stereocenters. The number of benzene rings is 10. The van der Waals surface area contributed by atoms with Crippen LogP contribution < -0.4 is 9.80 Å². The Labute approximate surface area is 464 Å². The van der Waals surface area contributed by atoms with Gasteiger partial charge in [0.2, 0.25) is 0 Å². The first-order valence-electron chi connectivity index (χ1n) is 27.3. The fraction of sp³-hybridized carbons (Fsp3) is 0.132. The van der Waals surface area contributed by atoms with Gasteiger partial charge in [-0.1, -0.05) is 216 Å². The van der Waals surface area contributed by atoms with E-state index in [0.717, 1.165) is 56.4 Å². The molecule has 10 rings (SSSR count). The summed E-state index contributed by atoms with van der Waals surface area (Å²) in [6.45, 7) is 21.9. The maximum absolute atomic E-state index is 2.47. The van der Waals surface area contributed by atoms with E-state index in [-0.39, 0.29) is 0 Å². The van der Waals surface area contributed by atoms with Gasteiger partial charge in [-0.3, -0.25) is 0 Å². The minimum absolute atomic E-state index is 1.09. The van der Waals surface area contributed by atoms with Gasteiger partial charge in [-0.2, -0.15) is 0 Å². The van der Waals surface area contributed by atoms with Gasteiger partial charge < -0.3 is 9.80 Å². The van der Waals surface area contributed by atoms with Crippen molar-refractivity contribution in [2.24, 2.45) is 0 Å². The quantitative estimate of drug-likeness (QED) is 0.100. The second-order valence-corrected chi connectivity index (χ2v) is 21.3. The monoisotopic (exact) mass is 1010 g/mol. The number of nitrogens with zero attached hydrogens (tertiary/aromatic N) is 2. The number of anilines is 6. The molecule has 0 fully saturated rings. The summed E-state index contributed by atoms with van der Waals surface area (Å²) in [5, 5.41) is 2.33. The van der Waals surface area contributed by atoms with Crippen LogP contribution >= 0.6 is 0 Å². The summed E-state index contributed by atoms with van der Waals surface area (Å²) in [6, 6.07) is 80.4. The minimum Gasteiger partial charge on any atom is -0.310 e. The van der Waals surface area contributed by atoms with Crippen LogP contribution in [-0.4, -0.2) is 0 Å². The molecular weight excluding hydrogens is 941 g/mol. The molecule has 0 saturated carbocycles. The second kappa shape index (κ2) is 23.1. The molecule has 0 heterocycles. The molecule has 10 aromatic rings. The van der Waals surface area contributed by atoms with Gasteiger partial charge in [-0.05, 0) is 196 Å². The van der Waals surface area contributed by atoms with Crippen LogP contribution in [0.3, 0.4) is 0 Å². The number of hydrogen-bond acceptors (Lipinski definition) is 2. The van der Waals surface area contributed by atoms with Gasteiger partial charge in [-0.15, -0.1) is 0 Å². The van der Waals surface area contributed by atoms with Gasteiger partial charge in [0.1, 0.15) is 0 Å². The first-order valence-corrected chi connectivity index (χ1v) is 27.3. The van der Waals surface area contributed by atoms with E-state index < -0.39 is 0 Å². The zero-order valence-electron chi connectivity index (χ0n) is 47.0. The van der Waals surface area contributed by atoms with Crippen molar-refractivity contribution < 1.29 is 0 Å². The summed E-state index contributed by atoms with van der Waals surface area (Å²) >= 11 is 0. The van der Waals surface area contributed by atoms with Gasteiger partial charge in [0.05, 0.1) is 11.4 Å². The maximum atomic E-state index is 2.47. The van der Waals surface area contributed by atoms with Crippen molar-refractivity contribution in [1.82, 2.24) is 0 Å². The van der Waals surface area contributed by atoms with Crippen molar-refractivity contribution in [2.75, 3.05) is 9.80 Å². The van der Waals surface area contributed by atoms with Crippen molar-refractivity contribution in [3.05, 3.63) is 296 Å². The van der Waals surface area contributed by atoms with E-state index in [0.29, 0.717) is 0 Å². The molecule has 0 unspecified atom stereocenters. The minimum atomic E-state index is 1.09. The fourth-order valence-corrected chi connectivity index (χ4v) is 10.5. The van der Waals surface area contributed by atoms with Crippen molar-refractivity contribution in [1.29, 1.82) is 0 Å². The Morgan fingerprint density at radius 3 is 0.667 bits per heavy atom. The van der Waals surface area contributed by atoms with Crippen molar-refractivity contribution in [2.45, 2.75) is 69.2 Å². The number of rotatable bonds is 14. The SMILES string of the molecule is C/C(=C\c1ccc(N(c2ccc(/C=C(\C)c3ccc(C)cc3)cc2)c2c(C)c(C)c(N(c3ccc(/C=C(\C)c4ccc(C)cc4)cc3)c3ccc(/C=C(\C)c4ccc(C)cc4)cc3)c3ccccc23)cc1)c1ccc(C)cc1. The maximum Gasteiger partial charge on any atom is 0.0573 e.